The van der Waals surface area contributed by atoms with Crippen LogP contribution in [0, 0.1) is 18.8 Å². The number of carbonyl (C=O) groups is 2. The van der Waals surface area contributed by atoms with Gasteiger partial charge in [0.05, 0.1) is 11.8 Å². The lowest BCUT2D eigenvalue weighted by molar-refractivity contribution is -0.146. The Bertz CT molecular complexity index is 578. The van der Waals surface area contributed by atoms with Gasteiger partial charge in [-0.15, -0.1) is 0 Å². The summed E-state index contributed by atoms with van der Waals surface area (Å²) < 4.78 is 5.25. The van der Waals surface area contributed by atoms with E-state index in [4.69, 9.17) is 9.63 Å². The average Bonchev–Trinajstić information content (AvgIpc) is 3.01. The van der Waals surface area contributed by atoms with Crippen molar-refractivity contribution in [3.63, 3.8) is 0 Å². The first-order chi connectivity index (χ1) is 11.0. The minimum atomic E-state index is -0.735. The Morgan fingerprint density at radius 1 is 1.17 bits per heavy atom. The molecule has 1 aliphatic heterocycles. The molecule has 2 fully saturated rings. The van der Waals surface area contributed by atoms with Crippen LogP contribution in [0.5, 0.6) is 0 Å². The highest BCUT2D eigenvalue weighted by atomic mass is 16.5. The summed E-state index contributed by atoms with van der Waals surface area (Å²) in [6, 6.07) is 0. The molecule has 0 bridgehead atoms. The molecule has 1 saturated heterocycles. The van der Waals surface area contributed by atoms with Crippen LogP contribution < -0.4 is 0 Å². The number of aryl methyl sites for hydroxylation is 1. The zero-order chi connectivity index (χ0) is 16.4. The number of nitrogens with zero attached hydrogens (tertiary/aromatic N) is 3. The Morgan fingerprint density at radius 3 is 2.48 bits per heavy atom. The molecule has 1 N–H and O–H groups in total. The summed E-state index contributed by atoms with van der Waals surface area (Å²) in [6.45, 7) is 3.18. The second kappa shape index (κ2) is 6.68. The lowest BCUT2D eigenvalue weighted by Crippen LogP contribution is -2.43. The van der Waals surface area contributed by atoms with Gasteiger partial charge in [0.15, 0.2) is 5.82 Å². The van der Waals surface area contributed by atoms with Gasteiger partial charge >= 0.3 is 5.97 Å². The maximum atomic E-state index is 12.7. The Balaban J connectivity index is 1.58. The number of amides is 1. The van der Waals surface area contributed by atoms with E-state index in [1.54, 1.807) is 6.92 Å². The smallest absolute Gasteiger partial charge is 0.306 e. The minimum Gasteiger partial charge on any atom is -0.481 e. The molecule has 1 unspecified atom stereocenters. The highest BCUT2D eigenvalue weighted by molar-refractivity contribution is 5.79. The lowest BCUT2D eigenvalue weighted by atomic mass is 9.81. The summed E-state index contributed by atoms with van der Waals surface area (Å²) in [6.07, 6.45) is 4.45. The second-order valence-corrected chi connectivity index (χ2v) is 6.69. The number of aliphatic carboxylic acids is 1. The van der Waals surface area contributed by atoms with Crippen molar-refractivity contribution < 1.29 is 19.2 Å². The fourth-order valence-corrected chi connectivity index (χ4v) is 3.70. The Hall–Kier alpha value is -1.92. The van der Waals surface area contributed by atoms with Crippen LogP contribution in [-0.4, -0.2) is 45.1 Å². The Kier molecular flexibility index (Phi) is 4.63. The summed E-state index contributed by atoms with van der Waals surface area (Å²) in [5.74, 6) is 0.466. The number of hydrogen-bond acceptors (Lipinski definition) is 5. The van der Waals surface area contributed by atoms with Crippen molar-refractivity contribution in [3.05, 3.63) is 11.7 Å². The van der Waals surface area contributed by atoms with E-state index < -0.39 is 5.97 Å². The van der Waals surface area contributed by atoms with Crippen LogP contribution in [0.4, 0.5) is 0 Å². The number of carbonyl (C=O) groups excluding carboxylic acids is 1. The van der Waals surface area contributed by atoms with Crippen LogP contribution in [0.2, 0.25) is 0 Å². The van der Waals surface area contributed by atoms with Crippen molar-refractivity contribution in [2.75, 3.05) is 13.1 Å². The van der Waals surface area contributed by atoms with Gasteiger partial charge in [-0.3, -0.25) is 9.59 Å². The molecule has 0 aromatic carbocycles. The molecule has 1 amide bonds. The standard InChI is InChI=1S/C16H23N3O4/c1-10-17-14(23-18-10)13-3-2-8-19(9-13)15(20)11-4-6-12(7-5-11)16(21)22/h11-13H,2-9H2,1H3,(H,21,22). The molecule has 7 heteroatoms. The van der Waals surface area contributed by atoms with Gasteiger partial charge in [0, 0.05) is 19.0 Å². The number of likely N-dealkylation sites (tertiary alicyclic amines) is 1. The number of carboxylic acid groups (broad SMARTS) is 1. The minimum absolute atomic E-state index is 0.0335. The van der Waals surface area contributed by atoms with E-state index in [9.17, 15) is 9.59 Å². The molecule has 1 saturated carbocycles. The number of aromatic nitrogens is 2. The highest BCUT2D eigenvalue weighted by Gasteiger charge is 2.35. The van der Waals surface area contributed by atoms with Gasteiger partial charge in [-0.25, -0.2) is 0 Å². The van der Waals surface area contributed by atoms with E-state index in [-0.39, 0.29) is 23.7 Å². The lowest BCUT2D eigenvalue weighted by Gasteiger charge is -2.35. The van der Waals surface area contributed by atoms with Crippen molar-refractivity contribution in [2.24, 2.45) is 11.8 Å². The molecule has 1 aromatic heterocycles. The average molecular weight is 321 g/mol. The number of rotatable bonds is 3. The first kappa shape index (κ1) is 16.0. The maximum Gasteiger partial charge on any atom is 0.306 e. The van der Waals surface area contributed by atoms with Crippen LogP contribution in [0.1, 0.15) is 56.2 Å². The van der Waals surface area contributed by atoms with E-state index in [1.807, 2.05) is 4.90 Å². The fourth-order valence-electron chi connectivity index (χ4n) is 3.70. The van der Waals surface area contributed by atoms with Crippen molar-refractivity contribution in [2.45, 2.75) is 51.4 Å². The molecular formula is C16H23N3O4. The van der Waals surface area contributed by atoms with Gasteiger partial charge in [-0.1, -0.05) is 5.16 Å². The van der Waals surface area contributed by atoms with Crippen molar-refractivity contribution in [3.8, 4) is 0 Å². The molecule has 0 spiro atoms. The van der Waals surface area contributed by atoms with Gasteiger partial charge in [0.2, 0.25) is 11.8 Å². The summed E-state index contributed by atoms with van der Waals surface area (Å²) in [5, 5.41) is 12.9. The molecule has 1 aliphatic carbocycles. The van der Waals surface area contributed by atoms with Gasteiger partial charge in [0.1, 0.15) is 0 Å². The maximum absolute atomic E-state index is 12.7. The van der Waals surface area contributed by atoms with Crippen molar-refractivity contribution >= 4 is 11.9 Å². The molecule has 1 atom stereocenters. The van der Waals surface area contributed by atoms with Crippen molar-refractivity contribution in [1.29, 1.82) is 0 Å². The molecule has 3 rings (SSSR count). The van der Waals surface area contributed by atoms with E-state index in [0.29, 0.717) is 43.9 Å². The molecule has 126 valence electrons. The predicted molar refractivity (Wildman–Crippen MR) is 80.7 cm³/mol. The van der Waals surface area contributed by atoms with Crippen LogP contribution in [0.15, 0.2) is 4.52 Å². The van der Waals surface area contributed by atoms with Crippen molar-refractivity contribution in [1.82, 2.24) is 15.0 Å². The largest absolute Gasteiger partial charge is 0.481 e. The monoisotopic (exact) mass is 321 g/mol. The predicted octanol–water partition coefficient (Wildman–Crippen LogP) is 1.98. The molecule has 2 heterocycles. The highest BCUT2D eigenvalue weighted by Crippen LogP contribution is 2.32. The van der Waals surface area contributed by atoms with Gasteiger partial charge in [-0.05, 0) is 45.4 Å². The van der Waals surface area contributed by atoms with Gasteiger partial charge in [0.25, 0.3) is 0 Å². The number of piperidine rings is 1. The topological polar surface area (TPSA) is 96.5 Å². The van der Waals surface area contributed by atoms with E-state index in [1.165, 1.54) is 0 Å². The molecule has 23 heavy (non-hydrogen) atoms. The number of carboxylic acids is 1. The third-order valence-corrected chi connectivity index (χ3v) is 5.05. The van der Waals surface area contributed by atoms with Gasteiger partial charge < -0.3 is 14.5 Å². The first-order valence-electron chi connectivity index (χ1n) is 8.36. The van der Waals surface area contributed by atoms with E-state index in [2.05, 4.69) is 10.1 Å². The zero-order valence-corrected chi connectivity index (χ0v) is 13.4. The van der Waals surface area contributed by atoms with Crippen LogP contribution in [-0.2, 0) is 9.59 Å². The molecule has 7 nitrogen and oxygen atoms in total. The van der Waals surface area contributed by atoms with E-state index >= 15 is 0 Å². The molecule has 0 radical (unpaired) electrons. The SMILES string of the molecule is Cc1noc(C2CCCN(C(=O)C3CCC(C(=O)O)CC3)C2)n1. The first-order valence-corrected chi connectivity index (χ1v) is 8.36. The zero-order valence-electron chi connectivity index (χ0n) is 13.4. The van der Waals surface area contributed by atoms with Crippen LogP contribution in [0.25, 0.3) is 0 Å². The third kappa shape index (κ3) is 3.54. The summed E-state index contributed by atoms with van der Waals surface area (Å²) in [4.78, 5) is 29.9. The Morgan fingerprint density at radius 2 is 1.87 bits per heavy atom. The molecular weight excluding hydrogens is 298 g/mol. The van der Waals surface area contributed by atoms with Gasteiger partial charge in [-0.2, -0.15) is 4.98 Å². The quantitative estimate of drug-likeness (QED) is 0.914. The molecule has 1 aromatic rings. The fraction of sp³-hybridized carbons (Fsp3) is 0.750. The normalized spacial score (nSPS) is 28.6. The second-order valence-electron chi connectivity index (χ2n) is 6.69. The summed E-state index contributed by atoms with van der Waals surface area (Å²) in [5.41, 5.74) is 0. The van der Waals surface area contributed by atoms with E-state index in [0.717, 1.165) is 19.4 Å². The van der Waals surface area contributed by atoms with Crippen LogP contribution in [0.3, 0.4) is 0 Å². The third-order valence-electron chi connectivity index (χ3n) is 5.05. The number of hydrogen-bond donors (Lipinski definition) is 1. The van der Waals surface area contributed by atoms with Crippen LogP contribution >= 0.6 is 0 Å². The summed E-state index contributed by atoms with van der Waals surface area (Å²) in [7, 11) is 0. The molecule has 2 aliphatic rings. The summed E-state index contributed by atoms with van der Waals surface area (Å²) >= 11 is 0. The Labute approximate surface area is 135 Å².